The van der Waals surface area contributed by atoms with E-state index in [0.29, 0.717) is 24.1 Å². The highest BCUT2D eigenvalue weighted by atomic mass is 16.5. The van der Waals surface area contributed by atoms with Crippen LogP contribution in [0.4, 0.5) is 5.69 Å². The van der Waals surface area contributed by atoms with Crippen LogP contribution in [-0.4, -0.2) is 47.4 Å². The van der Waals surface area contributed by atoms with E-state index in [-0.39, 0.29) is 17.5 Å². The molecule has 0 spiro atoms. The lowest BCUT2D eigenvalue weighted by molar-refractivity contribution is -0.105. The Hall–Kier alpha value is -3.88. The summed E-state index contributed by atoms with van der Waals surface area (Å²) in [6.07, 6.45) is 0.566. The van der Waals surface area contributed by atoms with Gasteiger partial charge in [0, 0.05) is 12.6 Å². The molecular weight excluding hydrogens is 436 g/mol. The summed E-state index contributed by atoms with van der Waals surface area (Å²) in [6, 6.07) is 21.0. The number of phenolic OH excluding ortho intramolecular Hbond substituents is 1. The molecule has 8 nitrogen and oxygen atoms in total. The zero-order chi connectivity index (χ0) is 24.9. The van der Waals surface area contributed by atoms with Gasteiger partial charge in [-0.2, -0.15) is 0 Å². The molecule has 5 N–H and O–H groups in total. The van der Waals surface area contributed by atoms with Crippen molar-refractivity contribution >= 4 is 18.1 Å². The molecule has 1 amide bonds. The molecule has 8 heteroatoms. The number of carboxylic acid groups (broad SMARTS) is 1. The molecule has 0 aliphatic heterocycles. The summed E-state index contributed by atoms with van der Waals surface area (Å²) in [5, 5.41) is 34.0. The number of nitrogens with one attached hydrogen (secondary N) is 2. The molecule has 0 radical (unpaired) electrons. The van der Waals surface area contributed by atoms with Gasteiger partial charge in [-0.1, -0.05) is 36.4 Å². The predicted octanol–water partition coefficient (Wildman–Crippen LogP) is 3.61. The summed E-state index contributed by atoms with van der Waals surface area (Å²) in [5.41, 5.74) is 2.40. The summed E-state index contributed by atoms with van der Waals surface area (Å²) in [4.78, 5) is 20.7. The molecule has 0 bridgehead atoms. The first-order chi connectivity index (χ1) is 16.3. The third kappa shape index (κ3) is 8.57. The number of hydrogen-bond acceptors (Lipinski definition) is 6. The summed E-state index contributed by atoms with van der Waals surface area (Å²) in [7, 11) is 1.64. The highest BCUT2D eigenvalue weighted by Gasteiger charge is 2.12. The number of phenols is 1. The van der Waals surface area contributed by atoms with Crippen molar-refractivity contribution in [3.63, 3.8) is 0 Å². The quantitative estimate of drug-likeness (QED) is 0.228. The maximum atomic E-state index is 10.5. The molecule has 0 heterocycles. The van der Waals surface area contributed by atoms with E-state index in [1.54, 1.807) is 49.6 Å². The number of rotatable bonds is 10. The Morgan fingerprint density at radius 3 is 2.29 bits per heavy atom. The van der Waals surface area contributed by atoms with Gasteiger partial charge >= 0.3 is 5.97 Å². The number of ether oxygens (including phenoxy) is 1. The highest BCUT2D eigenvalue weighted by Crippen LogP contribution is 2.26. The van der Waals surface area contributed by atoms with Crippen molar-refractivity contribution in [2.75, 3.05) is 19.0 Å². The Labute approximate surface area is 198 Å². The van der Waals surface area contributed by atoms with E-state index in [1.165, 1.54) is 11.6 Å². The normalized spacial score (nSPS) is 12.0. The van der Waals surface area contributed by atoms with Crippen LogP contribution in [0.3, 0.4) is 0 Å². The fraction of sp³-hybridized carbons (Fsp3) is 0.231. The number of carbonyl (C=O) groups excluding carboxylic acids is 1. The van der Waals surface area contributed by atoms with Crippen LogP contribution in [0.25, 0.3) is 0 Å². The van der Waals surface area contributed by atoms with Crippen molar-refractivity contribution in [2.24, 2.45) is 0 Å². The van der Waals surface area contributed by atoms with Gasteiger partial charge in [-0.05, 0) is 60.9 Å². The van der Waals surface area contributed by atoms with E-state index in [1.807, 2.05) is 31.2 Å². The van der Waals surface area contributed by atoms with Gasteiger partial charge in [0.1, 0.15) is 11.5 Å². The number of anilines is 1. The van der Waals surface area contributed by atoms with Gasteiger partial charge in [0.05, 0.1) is 24.5 Å². The molecule has 3 rings (SSSR count). The molecule has 0 saturated carbocycles. The van der Waals surface area contributed by atoms with Gasteiger partial charge < -0.3 is 30.7 Å². The van der Waals surface area contributed by atoms with Gasteiger partial charge in [-0.25, -0.2) is 4.79 Å². The Morgan fingerprint density at radius 2 is 1.74 bits per heavy atom. The second-order valence-corrected chi connectivity index (χ2v) is 7.59. The van der Waals surface area contributed by atoms with Crippen molar-refractivity contribution in [1.82, 2.24) is 5.32 Å². The Kier molecular flexibility index (Phi) is 10.6. The molecule has 0 fully saturated rings. The van der Waals surface area contributed by atoms with E-state index < -0.39 is 12.1 Å². The van der Waals surface area contributed by atoms with E-state index in [0.717, 1.165) is 12.2 Å². The third-order valence-corrected chi connectivity index (χ3v) is 5.00. The first-order valence-electron chi connectivity index (χ1n) is 10.7. The topological polar surface area (TPSA) is 128 Å². The van der Waals surface area contributed by atoms with Crippen LogP contribution < -0.4 is 15.4 Å². The van der Waals surface area contributed by atoms with Crippen LogP contribution in [0, 0.1) is 0 Å². The van der Waals surface area contributed by atoms with Gasteiger partial charge in [0.15, 0.2) is 0 Å². The molecule has 34 heavy (non-hydrogen) atoms. The minimum atomic E-state index is -0.879. The first kappa shape index (κ1) is 26.4. The minimum absolute atomic E-state index is 0.0381. The van der Waals surface area contributed by atoms with Crippen LogP contribution in [-0.2, 0) is 11.2 Å². The third-order valence-electron chi connectivity index (χ3n) is 5.00. The average molecular weight is 467 g/mol. The molecular formula is C26H30N2O6. The number of carbonyl (C=O) groups is 2. The number of hydrogen-bond donors (Lipinski definition) is 5. The van der Waals surface area contributed by atoms with Crippen molar-refractivity contribution in [1.29, 1.82) is 0 Å². The van der Waals surface area contributed by atoms with E-state index in [4.69, 9.17) is 9.84 Å². The fourth-order valence-electron chi connectivity index (χ4n) is 3.14. The van der Waals surface area contributed by atoms with Crippen LogP contribution in [0.5, 0.6) is 11.5 Å². The lowest BCUT2D eigenvalue weighted by Crippen LogP contribution is -2.32. The van der Waals surface area contributed by atoms with Gasteiger partial charge in [0.2, 0.25) is 6.41 Å². The summed E-state index contributed by atoms with van der Waals surface area (Å²) in [5.74, 6) is -0.0914. The minimum Gasteiger partial charge on any atom is -0.506 e. The van der Waals surface area contributed by atoms with E-state index in [2.05, 4.69) is 10.6 Å². The number of carboxylic acids is 1. The smallest absolute Gasteiger partial charge is 0.335 e. The molecule has 2 unspecified atom stereocenters. The second kappa shape index (κ2) is 13.6. The second-order valence-electron chi connectivity index (χ2n) is 7.59. The van der Waals surface area contributed by atoms with Crippen LogP contribution >= 0.6 is 0 Å². The maximum absolute atomic E-state index is 10.5. The van der Waals surface area contributed by atoms with Gasteiger partial charge in [-0.3, -0.25) is 4.79 Å². The number of aliphatic hydroxyl groups is 1. The molecule has 180 valence electrons. The SMILES string of the molecule is COc1ccc(CC(C)NCC(O)c2ccc(O)c(NC=O)c2)cc1.O=C(O)c1ccccc1. The number of aliphatic hydroxyl groups excluding tert-OH is 1. The van der Waals surface area contributed by atoms with Crippen LogP contribution in [0.2, 0.25) is 0 Å². The van der Waals surface area contributed by atoms with Crippen LogP contribution in [0.1, 0.15) is 34.5 Å². The molecule has 3 aromatic rings. The van der Waals surface area contributed by atoms with Crippen molar-refractivity contribution in [3.05, 3.63) is 89.5 Å². The predicted molar refractivity (Wildman–Crippen MR) is 130 cm³/mol. The lowest BCUT2D eigenvalue weighted by Gasteiger charge is -2.18. The highest BCUT2D eigenvalue weighted by molar-refractivity contribution is 5.87. The molecule has 0 aliphatic carbocycles. The summed E-state index contributed by atoms with van der Waals surface area (Å²) < 4.78 is 5.14. The molecule has 2 atom stereocenters. The number of aromatic hydroxyl groups is 1. The maximum Gasteiger partial charge on any atom is 0.335 e. The Morgan fingerprint density at radius 1 is 1.06 bits per heavy atom. The summed E-state index contributed by atoms with van der Waals surface area (Å²) in [6.45, 7) is 2.41. The first-order valence-corrected chi connectivity index (χ1v) is 10.7. The lowest BCUT2D eigenvalue weighted by atomic mass is 10.1. The Balaban J connectivity index is 0.000000379. The summed E-state index contributed by atoms with van der Waals surface area (Å²) >= 11 is 0. The number of aromatic carboxylic acids is 1. The van der Waals surface area contributed by atoms with Gasteiger partial charge in [0.25, 0.3) is 0 Å². The van der Waals surface area contributed by atoms with E-state index >= 15 is 0 Å². The standard InChI is InChI=1S/C19H24N2O4.C7H6O2/c1-13(9-14-3-6-16(25-2)7-4-14)20-11-19(24)15-5-8-18(23)17(10-15)21-12-22;8-7(9)6-4-2-1-3-5-6/h3-8,10,12-13,19-20,23-24H,9,11H2,1-2H3,(H,21,22);1-5H,(H,8,9). The van der Waals surface area contributed by atoms with Crippen molar-refractivity contribution < 1.29 is 29.6 Å². The molecule has 0 aromatic heterocycles. The van der Waals surface area contributed by atoms with Crippen molar-refractivity contribution in [2.45, 2.75) is 25.5 Å². The molecule has 0 saturated heterocycles. The zero-order valence-corrected chi connectivity index (χ0v) is 19.1. The average Bonchev–Trinajstić information content (AvgIpc) is 2.85. The molecule has 3 aromatic carbocycles. The number of methoxy groups -OCH3 is 1. The van der Waals surface area contributed by atoms with E-state index in [9.17, 15) is 19.8 Å². The number of amides is 1. The van der Waals surface area contributed by atoms with Crippen LogP contribution in [0.15, 0.2) is 72.8 Å². The largest absolute Gasteiger partial charge is 0.506 e. The van der Waals surface area contributed by atoms with Crippen molar-refractivity contribution in [3.8, 4) is 11.5 Å². The molecule has 0 aliphatic rings. The fourth-order valence-corrected chi connectivity index (χ4v) is 3.14. The number of benzene rings is 3. The monoisotopic (exact) mass is 466 g/mol. The van der Waals surface area contributed by atoms with Gasteiger partial charge in [-0.15, -0.1) is 0 Å². The zero-order valence-electron chi connectivity index (χ0n) is 19.1. The Bertz CT molecular complexity index is 1040.